The summed E-state index contributed by atoms with van der Waals surface area (Å²) in [4.78, 5) is 21.1. The lowest BCUT2D eigenvalue weighted by Gasteiger charge is -2.28. The molecule has 1 fully saturated rings. The maximum absolute atomic E-state index is 12.6. The first-order chi connectivity index (χ1) is 13.2. The predicted molar refractivity (Wildman–Crippen MR) is 123 cm³/mol. The minimum absolute atomic E-state index is 0. The molecule has 1 amide bonds. The number of ether oxygens (including phenoxy) is 1. The third-order valence-electron chi connectivity index (χ3n) is 5.17. The summed E-state index contributed by atoms with van der Waals surface area (Å²) in [5, 5.41) is 3.27. The van der Waals surface area contributed by atoms with Crippen molar-refractivity contribution in [2.24, 2.45) is 10.9 Å². The zero-order valence-corrected chi connectivity index (χ0v) is 19.4. The molecular formula is C21H33IN4O2. The monoisotopic (exact) mass is 500 g/mol. The van der Waals surface area contributed by atoms with Crippen LogP contribution in [0.5, 0.6) is 0 Å². The van der Waals surface area contributed by atoms with E-state index in [0.717, 1.165) is 44.5 Å². The molecule has 0 atom stereocenters. The lowest BCUT2D eigenvalue weighted by Crippen LogP contribution is -2.42. The first kappa shape index (κ1) is 22.9. The molecule has 1 saturated carbocycles. The number of aliphatic imine (C=N–C) groups is 1. The van der Waals surface area contributed by atoms with Gasteiger partial charge in [0.15, 0.2) is 5.96 Å². The topological polar surface area (TPSA) is 57.2 Å². The highest BCUT2D eigenvalue weighted by molar-refractivity contribution is 14.0. The van der Waals surface area contributed by atoms with E-state index in [4.69, 9.17) is 4.74 Å². The van der Waals surface area contributed by atoms with Gasteiger partial charge in [-0.25, -0.2) is 4.99 Å². The number of nitrogens with one attached hydrogen (secondary N) is 1. The molecule has 6 nitrogen and oxygen atoms in total. The van der Waals surface area contributed by atoms with Gasteiger partial charge >= 0.3 is 0 Å². The van der Waals surface area contributed by atoms with Gasteiger partial charge in [-0.15, -0.1) is 24.0 Å². The first-order valence-electron chi connectivity index (χ1n) is 10.1. The van der Waals surface area contributed by atoms with Crippen molar-refractivity contribution in [1.82, 2.24) is 15.1 Å². The molecule has 0 unspecified atom stereocenters. The summed E-state index contributed by atoms with van der Waals surface area (Å²) in [6.07, 6.45) is 3.54. The summed E-state index contributed by atoms with van der Waals surface area (Å²) in [6.45, 7) is 6.78. The molecule has 0 spiro atoms. The van der Waals surface area contributed by atoms with Crippen molar-refractivity contribution in [3.8, 4) is 0 Å². The number of benzene rings is 1. The van der Waals surface area contributed by atoms with Crippen molar-refractivity contribution < 1.29 is 9.53 Å². The Kier molecular flexibility index (Phi) is 9.50. The van der Waals surface area contributed by atoms with Gasteiger partial charge < -0.3 is 19.9 Å². The lowest BCUT2D eigenvalue weighted by molar-refractivity contribution is -0.130. The van der Waals surface area contributed by atoms with Crippen molar-refractivity contribution in [3.05, 3.63) is 35.4 Å². The van der Waals surface area contributed by atoms with Crippen LogP contribution in [0.4, 0.5) is 0 Å². The molecule has 7 heteroatoms. The first-order valence-corrected chi connectivity index (χ1v) is 10.1. The molecule has 0 bridgehead atoms. The van der Waals surface area contributed by atoms with Crippen molar-refractivity contribution in [3.63, 3.8) is 0 Å². The smallest absolute Gasteiger partial charge is 0.244 e. The normalized spacial score (nSPS) is 16.2. The number of fused-ring (bicyclic) bond motifs is 1. The van der Waals surface area contributed by atoms with Crippen LogP contribution in [0.2, 0.25) is 0 Å². The van der Waals surface area contributed by atoms with E-state index < -0.39 is 0 Å². The molecule has 0 radical (unpaired) electrons. The van der Waals surface area contributed by atoms with Crippen LogP contribution in [0.25, 0.3) is 0 Å². The third-order valence-corrected chi connectivity index (χ3v) is 5.17. The molecule has 0 saturated heterocycles. The van der Waals surface area contributed by atoms with E-state index in [1.807, 2.05) is 29.8 Å². The van der Waals surface area contributed by atoms with Crippen molar-refractivity contribution in [2.75, 3.05) is 46.4 Å². The Hall–Kier alpha value is -1.35. The Balaban J connectivity index is 0.00000280. The molecule has 1 heterocycles. The van der Waals surface area contributed by atoms with E-state index in [0.29, 0.717) is 13.2 Å². The Labute approximate surface area is 185 Å². The van der Waals surface area contributed by atoms with Crippen molar-refractivity contribution in [1.29, 1.82) is 0 Å². The molecule has 1 aromatic rings. The van der Waals surface area contributed by atoms with Gasteiger partial charge in [0.25, 0.3) is 0 Å². The van der Waals surface area contributed by atoms with Gasteiger partial charge in [0, 0.05) is 39.8 Å². The summed E-state index contributed by atoms with van der Waals surface area (Å²) in [5.74, 6) is 1.63. The van der Waals surface area contributed by atoms with Crippen molar-refractivity contribution in [2.45, 2.75) is 32.7 Å². The van der Waals surface area contributed by atoms with Gasteiger partial charge in [0.05, 0.1) is 6.61 Å². The number of guanidine groups is 1. The maximum atomic E-state index is 12.6. The molecule has 1 aliphatic heterocycles. The predicted octanol–water partition coefficient (Wildman–Crippen LogP) is 2.51. The Morgan fingerprint density at radius 1 is 1.32 bits per heavy atom. The number of likely N-dealkylation sites (N-methyl/N-ethyl adjacent to an activating group) is 1. The number of halogens is 1. The highest BCUT2D eigenvalue weighted by Gasteiger charge is 2.22. The lowest BCUT2D eigenvalue weighted by atomic mass is 10.00. The van der Waals surface area contributed by atoms with Crippen LogP contribution < -0.4 is 5.32 Å². The number of carbonyl (C=O) groups excluding carboxylic acids is 1. The SMILES string of the molecule is CCNC(=NCC(=O)N1CCc2ccccc2C1)N(C)CCOCC1CC1.I. The fourth-order valence-electron chi connectivity index (χ4n) is 3.26. The van der Waals surface area contributed by atoms with Gasteiger partial charge in [-0.3, -0.25) is 4.79 Å². The van der Waals surface area contributed by atoms with Gasteiger partial charge in [-0.05, 0) is 43.2 Å². The molecule has 2 aliphatic rings. The second-order valence-electron chi connectivity index (χ2n) is 7.44. The van der Waals surface area contributed by atoms with E-state index >= 15 is 0 Å². The highest BCUT2D eigenvalue weighted by atomic mass is 127. The molecule has 28 heavy (non-hydrogen) atoms. The fraction of sp³-hybridized carbons (Fsp3) is 0.619. The molecule has 3 rings (SSSR count). The molecule has 1 aromatic carbocycles. The summed E-state index contributed by atoms with van der Waals surface area (Å²) in [6, 6.07) is 8.36. The van der Waals surface area contributed by atoms with Gasteiger partial charge in [-0.1, -0.05) is 24.3 Å². The average molecular weight is 500 g/mol. The van der Waals surface area contributed by atoms with Crippen LogP contribution in [0.3, 0.4) is 0 Å². The van der Waals surface area contributed by atoms with Gasteiger partial charge in [0.2, 0.25) is 5.91 Å². The number of carbonyl (C=O) groups is 1. The number of hydrogen-bond donors (Lipinski definition) is 1. The van der Waals surface area contributed by atoms with Crippen LogP contribution in [0.15, 0.2) is 29.3 Å². The highest BCUT2D eigenvalue weighted by Crippen LogP contribution is 2.28. The number of hydrogen-bond acceptors (Lipinski definition) is 3. The van der Waals surface area contributed by atoms with Crippen LogP contribution >= 0.6 is 24.0 Å². The van der Waals surface area contributed by atoms with Crippen LogP contribution in [-0.2, 0) is 22.5 Å². The van der Waals surface area contributed by atoms with Crippen LogP contribution in [-0.4, -0.2) is 68.1 Å². The summed E-state index contributed by atoms with van der Waals surface area (Å²) >= 11 is 0. The largest absolute Gasteiger partial charge is 0.379 e. The molecule has 1 N–H and O–H groups in total. The number of rotatable bonds is 8. The third kappa shape index (κ3) is 6.92. The van der Waals surface area contributed by atoms with Gasteiger partial charge in [-0.2, -0.15) is 0 Å². The minimum atomic E-state index is 0. The van der Waals surface area contributed by atoms with E-state index in [2.05, 4.69) is 28.5 Å². The quantitative estimate of drug-likeness (QED) is 0.258. The maximum Gasteiger partial charge on any atom is 0.244 e. The van der Waals surface area contributed by atoms with E-state index in [1.165, 1.54) is 24.0 Å². The van der Waals surface area contributed by atoms with E-state index in [1.54, 1.807) is 0 Å². The summed E-state index contributed by atoms with van der Waals surface area (Å²) in [5.41, 5.74) is 2.60. The molecule has 1 aliphatic carbocycles. The average Bonchev–Trinajstić information content (AvgIpc) is 3.52. The zero-order chi connectivity index (χ0) is 19.1. The Bertz CT molecular complexity index is 664. The second-order valence-corrected chi connectivity index (χ2v) is 7.44. The van der Waals surface area contributed by atoms with E-state index in [9.17, 15) is 4.79 Å². The molecule has 0 aromatic heterocycles. The standard InChI is InChI=1S/C21H32N4O2.HI/c1-3-22-21(24(2)12-13-27-16-17-8-9-17)23-14-20(26)25-11-10-18-6-4-5-7-19(18)15-25;/h4-7,17H,3,8-16H2,1-2H3,(H,22,23);1H. The molecule has 156 valence electrons. The summed E-state index contributed by atoms with van der Waals surface area (Å²) < 4.78 is 5.71. The number of nitrogens with zero attached hydrogens (tertiary/aromatic N) is 3. The Morgan fingerprint density at radius 3 is 2.79 bits per heavy atom. The number of amides is 1. The summed E-state index contributed by atoms with van der Waals surface area (Å²) in [7, 11) is 1.99. The zero-order valence-electron chi connectivity index (χ0n) is 17.0. The van der Waals surface area contributed by atoms with E-state index in [-0.39, 0.29) is 36.4 Å². The minimum Gasteiger partial charge on any atom is -0.379 e. The Morgan fingerprint density at radius 2 is 2.07 bits per heavy atom. The fourth-order valence-corrected chi connectivity index (χ4v) is 3.26. The van der Waals surface area contributed by atoms with Crippen LogP contribution in [0, 0.1) is 5.92 Å². The molecular weight excluding hydrogens is 467 g/mol. The van der Waals surface area contributed by atoms with Gasteiger partial charge in [0.1, 0.15) is 6.54 Å². The second kappa shape index (κ2) is 11.6. The van der Waals surface area contributed by atoms with Crippen LogP contribution in [0.1, 0.15) is 30.9 Å². The van der Waals surface area contributed by atoms with Crippen molar-refractivity contribution >= 4 is 35.8 Å².